The minimum Gasteiger partial charge on any atom is -0.463 e. The SMILES string of the molecule is Nc1ccccc1NC(=O)c1ccc(CN(CCO)C(=O)NC2=COC=C(C3=CC=CCC3)O2)cn1. The topological polar surface area (TPSA) is 139 Å². The van der Waals surface area contributed by atoms with Crippen molar-refractivity contribution in [2.24, 2.45) is 0 Å². The third-order valence-electron chi connectivity index (χ3n) is 5.43. The van der Waals surface area contributed by atoms with Gasteiger partial charge >= 0.3 is 6.03 Å². The molecule has 186 valence electrons. The van der Waals surface area contributed by atoms with Crippen LogP contribution in [-0.2, 0) is 16.0 Å². The number of allylic oxidation sites excluding steroid dienone is 4. The van der Waals surface area contributed by atoms with Crippen LogP contribution < -0.4 is 16.4 Å². The van der Waals surface area contributed by atoms with E-state index >= 15 is 0 Å². The number of anilines is 2. The number of urea groups is 1. The molecule has 10 nitrogen and oxygen atoms in total. The van der Waals surface area contributed by atoms with Gasteiger partial charge in [0.1, 0.15) is 12.0 Å². The number of aliphatic hydroxyl groups excluding tert-OH is 1. The van der Waals surface area contributed by atoms with E-state index < -0.39 is 11.9 Å². The average molecular weight is 490 g/mol. The van der Waals surface area contributed by atoms with Gasteiger partial charge in [-0.2, -0.15) is 0 Å². The number of nitrogen functional groups attached to an aromatic ring is 1. The summed E-state index contributed by atoms with van der Waals surface area (Å²) in [5, 5.41) is 14.8. The summed E-state index contributed by atoms with van der Waals surface area (Å²) < 4.78 is 11.1. The van der Waals surface area contributed by atoms with E-state index in [4.69, 9.17) is 15.2 Å². The lowest BCUT2D eigenvalue weighted by Gasteiger charge is -2.24. The summed E-state index contributed by atoms with van der Waals surface area (Å²) in [5.41, 5.74) is 8.65. The maximum atomic E-state index is 12.9. The molecule has 4 rings (SSSR count). The lowest BCUT2D eigenvalue weighted by molar-refractivity contribution is 0.102. The fourth-order valence-electron chi connectivity index (χ4n) is 3.56. The third-order valence-corrected chi connectivity index (χ3v) is 5.43. The summed E-state index contributed by atoms with van der Waals surface area (Å²) in [6, 6.07) is 9.70. The summed E-state index contributed by atoms with van der Waals surface area (Å²) in [6.07, 6.45) is 11.9. The van der Waals surface area contributed by atoms with Crippen molar-refractivity contribution >= 4 is 23.3 Å². The van der Waals surface area contributed by atoms with Crippen LogP contribution in [0, 0.1) is 0 Å². The molecule has 5 N–H and O–H groups in total. The molecule has 2 heterocycles. The molecule has 3 amide bonds. The van der Waals surface area contributed by atoms with Crippen molar-refractivity contribution in [1.82, 2.24) is 15.2 Å². The Morgan fingerprint density at radius 2 is 2.00 bits per heavy atom. The van der Waals surface area contributed by atoms with Crippen molar-refractivity contribution in [3.8, 4) is 0 Å². The van der Waals surface area contributed by atoms with Crippen LogP contribution in [0.1, 0.15) is 28.9 Å². The predicted molar refractivity (Wildman–Crippen MR) is 134 cm³/mol. The molecule has 1 aliphatic carbocycles. The van der Waals surface area contributed by atoms with E-state index in [1.807, 2.05) is 12.2 Å². The molecule has 0 radical (unpaired) electrons. The molecule has 0 spiro atoms. The Hall–Kier alpha value is -4.57. The molecule has 36 heavy (non-hydrogen) atoms. The quantitative estimate of drug-likeness (QED) is 0.417. The van der Waals surface area contributed by atoms with Crippen LogP contribution in [0.25, 0.3) is 0 Å². The van der Waals surface area contributed by atoms with E-state index in [0.29, 0.717) is 22.7 Å². The van der Waals surface area contributed by atoms with Gasteiger partial charge < -0.3 is 30.5 Å². The smallest absolute Gasteiger partial charge is 0.324 e. The molecule has 0 saturated heterocycles. The van der Waals surface area contributed by atoms with E-state index in [-0.39, 0.29) is 31.3 Å². The Labute approximate surface area is 208 Å². The fourth-order valence-corrected chi connectivity index (χ4v) is 3.56. The number of nitrogens with zero attached hydrogens (tertiary/aromatic N) is 2. The number of carbonyl (C=O) groups is 2. The molecular weight excluding hydrogens is 462 g/mol. The van der Waals surface area contributed by atoms with Crippen LogP contribution in [-0.4, -0.2) is 40.1 Å². The number of para-hydroxylation sites is 2. The predicted octanol–water partition coefficient (Wildman–Crippen LogP) is 3.38. The Morgan fingerprint density at radius 3 is 2.72 bits per heavy atom. The molecule has 1 aromatic heterocycles. The zero-order chi connectivity index (χ0) is 25.3. The van der Waals surface area contributed by atoms with Crippen LogP contribution in [0.5, 0.6) is 0 Å². The number of nitrogens with two attached hydrogens (primary N) is 1. The van der Waals surface area contributed by atoms with Gasteiger partial charge in [0.25, 0.3) is 5.91 Å². The Kier molecular flexibility index (Phi) is 7.99. The Morgan fingerprint density at radius 1 is 1.14 bits per heavy atom. The van der Waals surface area contributed by atoms with E-state index in [2.05, 4.69) is 21.7 Å². The minimum atomic E-state index is -0.487. The van der Waals surface area contributed by atoms with Crippen molar-refractivity contribution < 1.29 is 24.2 Å². The number of aromatic nitrogens is 1. The number of ether oxygens (including phenoxy) is 2. The van der Waals surface area contributed by atoms with Crippen molar-refractivity contribution in [2.45, 2.75) is 19.4 Å². The summed E-state index contributed by atoms with van der Waals surface area (Å²) >= 11 is 0. The Bertz CT molecular complexity index is 1230. The molecular formula is C26H27N5O5. The standard InChI is InChI=1S/C26H27N5O5/c27-20-8-4-5-9-21(20)29-25(33)22-11-10-18(14-28-22)15-31(12-13-32)26(34)30-24-17-35-16-23(36-24)19-6-2-1-3-7-19/h1-2,4-6,8-11,14,16-17,32H,3,7,12-13,15,27H2,(H,29,33)(H,30,34). The largest absolute Gasteiger partial charge is 0.463 e. The number of benzene rings is 1. The average Bonchev–Trinajstić information content (AvgIpc) is 2.91. The summed E-state index contributed by atoms with van der Waals surface area (Å²) in [4.78, 5) is 31.0. The highest BCUT2D eigenvalue weighted by Gasteiger charge is 2.20. The molecule has 0 bridgehead atoms. The normalized spacial score (nSPS) is 14.4. The molecule has 10 heteroatoms. The fraction of sp³-hybridized carbons (Fsp3) is 0.192. The molecule has 0 unspecified atom stereocenters. The van der Waals surface area contributed by atoms with Gasteiger partial charge in [0.15, 0.2) is 12.0 Å². The molecule has 1 aliphatic heterocycles. The lowest BCUT2D eigenvalue weighted by atomic mass is 10.0. The van der Waals surface area contributed by atoms with Crippen molar-refractivity contribution in [2.75, 3.05) is 24.2 Å². The molecule has 1 aromatic carbocycles. The van der Waals surface area contributed by atoms with Crippen LogP contribution in [0.4, 0.5) is 16.2 Å². The van der Waals surface area contributed by atoms with Crippen LogP contribution in [0.3, 0.4) is 0 Å². The van der Waals surface area contributed by atoms with Gasteiger partial charge in [-0.25, -0.2) is 4.79 Å². The zero-order valence-electron chi connectivity index (χ0n) is 19.5. The number of amides is 3. The molecule has 2 aliphatic rings. The first-order valence-electron chi connectivity index (χ1n) is 11.4. The highest BCUT2D eigenvalue weighted by molar-refractivity contribution is 6.04. The maximum Gasteiger partial charge on any atom is 0.324 e. The van der Waals surface area contributed by atoms with E-state index in [0.717, 1.165) is 18.4 Å². The highest BCUT2D eigenvalue weighted by Crippen LogP contribution is 2.25. The number of hydrogen-bond donors (Lipinski definition) is 4. The van der Waals surface area contributed by atoms with E-state index in [9.17, 15) is 14.7 Å². The zero-order valence-corrected chi connectivity index (χ0v) is 19.5. The molecule has 0 atom stereocenters. The van der Waals surface area contributed by atoms with Gasteiger partial charge in [-0.1, -0.05) is 36.4 Å². The maximum absolute atomic E-state index is 12.9. The Balaban J connectivity index is 1.35. The number of hydrogen-bond acceptors (Lipinski definition) is 7. The lowest BCUT2D eigenvalue weighted by Crippen LogP contribution is -2.41. The summed E-state index contributed by atoms with van der Waals surface area (Å²) in [5.74, 6) is 0.264. The second-order valence-corrected chi connectivity index (χ2v) is 8.03. The second-order valence-electron chi connectivity index (χ2n) is 8.03. The van der Waals surface area contributed by atoms with Gasteiger partial charge in [-0.3, -0.25) is 15.1 Å². The van der Waals surface area contributed by atoms with Gasteiger partial charge in [0, 0.05) is 19.3 Å². The van der Waals surface area contributed by atoms with Crippen LogP contribution >= 0.6 is 0 Å². The number of rotatable bonds is 8. The first-order valence-corrected chi connectivity index (χ1v) is 11.4. The monoisotopic (exact) mass is 489 g/mol. The first kappa shape index (κ1) is 24.6. The number of pyridine rings is 1. The second kappa shape index (κ2) is 11.7. The van der Waals surface area contributed by atoms with Crippen molar-refractivity contribution in [3.05, 3.63) is 102 Å². The van der Waals surface area contributed by atoms with Crippen molar-refractivity contribution in [3.63, 3.8) is 0 Å². The molecule has 0 saturated carbocycles. The number of aliphatic hydroxyl groups is 1. The van der Waals surface area contributed by atoms with Crippen LogP contribution in [0.2, 0.25) is 0 Å². The molecule has 0 fully saturated rings. The van der Waals surface area contributed by atoms with Gasteiger partial charge in [0.05, 0.1) is 18.0 Å². The van der Waals surface area contributed by atoms with Gasteiger partial charge in [0.2, 0.25) is 5.88 Å². The van der Waals surface area contributed by atoms with E-state index in [1.165, 1.54) is 23.6 Å². The number of nitrogens with one attached hydrogen (secondary N) is 2. The summed E-state index contributed by atoms with van der Waals surface area (Å²) in [7, 11) is 0. The van der Waals surface area contributed by atoms with Crippen molar-refractivity contribution in [1.29, 1.82) is 0 Å². The first-order chi connectivity index (χ1) is 17.5. The molecule has 2 aromatic rings. The van der Waals surface area contributed by atoms with Gasteiger partial charge in [-0.05, 0) is 42.2 Å². The van der Waals surface area contributed by atoms with Crippen LogP contribution in [0.15, 0.2) is 90.6 Å². The summed E-state index contributed by atoms with van der Waals surface area (Å²) in [6.45, 7) is -0.00550. The minimum absolute atomic E-state index is 0.0775. The van der Waals surface area contributed by atoms with Gasteiger partial charge in [-0.15, -0.1) is 0 Å². The highest BCUT2D eigenvalue weighted by atomic mass is 16.6. The third kappa shape index (κ3) is 6.30. The number of carbonyl (C=O) groups excluding carboxylic acids is 2. The van der Waals surface area contributed by atoms with E-state index in [1.54, 1.807) is 36.4 Å².